The summed E-state index contributed by atoms with van der Waals surface area (Å²) in [6, 6.07) is 1.39. The van der Waals surface area contributed by atoms with Gasteiger partial charge in [0.2, 0.25) is 0 Å². The first kappa shape index (κ1) is 13.7. The van der Waals surface area contributed by atoms with E-state index in [-0.39, 0.29) is 0 Å². The molecule has 0 saturated carbocycles. The monoisotopic (exact) mass is 256 g/mol. The molecule has 0 spiro atoms. The van der Waals surface area contributed by atoms with Crippen molar-refractivity contribution < 1.29 is 0 Å². The highest BCUT2D eigenvalue weighted by molar-refractivity contribution is 7.99. The van der Waals surface area contributed by atoms with Gasteiger partial charge in [0.05, 0.1) is 0 Å². The van der Waals surface area contributed by atoms with E-state index < -0.39 is 0 Å². The fraction of sp³-hybridized carbons (Fsp3) is 1.00. The Morgan fingerprint density at radius 2 is 2.18 bits per heavy atom. The van der Waals surface area contributed by atoms with Gasteiger partial charge in [0, 0.05) is 24.4 Å². The van der Waals surface area contributed by atoms with Crippen molar-refractivity contribution in [3.8, 4) is 0 Å². The van der Waals surface area contributed by atoms with Crippen LogP contribution in [0.5, 0.6) is 0 Å². The van der Waals surface area contributed by atoms with Gasteiger partial charge in [-0.1, -0.05) is 20.8 Å². The molecule has 2 nitrogen and oxygen atoms in total. The average molecular weight is 256 g/mol. The lowest BCUT2D eigenvalue weighted by molar-refractivity contribution is 0.0514. The minimum atomic E-state index is 0.507. The van der Waals surface area contributed by atoms with Gasteiger partial charge < -0.3 is 5.73 Å². The molecule has 2 rings (SSSR count). The molecule has 3 heteroatoms. The number of nitrogens with two attached hydrogens (primary N) is 1. The number of piperidine rings is 1. The van der Waals surface area contributed by atoms with E-state index in [0.717, 1.165) is 18.5 Å². The third-order valence-electron chi connectivity index (χ3n) is 4.46. The van der Waals surface area contributed by atoms with E-state index in [9.17, 15) is 0 Å². The number of likely N-dealkylation sites (tertiary alicyclic amines) is 1. The maximum absolute atomic E-state index is 6.01. The highest BCUT2D eigenvalue weighted by Crippen LogP contribution is 2.38. The molecule has 2 aliphatic heterocycles. The Morgan fingerprint density at radius 1 is 1.41 bits per heavy atom. The highest BCUT2D eigenvalue weighted by Gasteiger charge is 2.37. The predicted molar refractivity (Wildman–Crippen MR) is 77.5 cm³/mol. The van der Waals surface area contributed by atoms with E-state index in [1.807, 2.05) is 0 Å². The molecule has 0 aromatic carbocycles. The molecule has 0 aromatic heterocycles. The lowest BCUT2D eigenvalue weighted by atomic mass is 9.84. The number of thioether (sulfide) groups is 1. The van der Waals surface area contributed by atoms with Crippen molar-refractivity contribution in [2.75, 3.05) is 24.6 Å². The summed E-state index contributed by atoms with van der Waals surface area (Å²) < 4.78 is 0. The quantitative estimate of drug-likeness (QED) is 0.823. The molecule has 17 heavy (non-hydrogen) atoms. The summed E-state index contributed by atoms with van der Waals surface area (Å²) in [4.78, 5) is 2.74. The zero-order valence-corrected chi connectivity index (χ0v) is 12.4. The van der Waals surface area contributed by atoms with Crippen molar-refractivity contribution in [3.05, 3.63) is 0 Å². The van der Waals surface area contributed by atoms with Crippen LogP contribution < -0.4 is 5.73 Å². The Bertz CT molecular complexity index is 255. The van der Waals surface area contributed by atoms with E-state index >= 15 is 0 Å². The molecular weight excluding hydrogens is 228 g/mol. The maximum Gasteiger partial charge on any atom is 0.0247 e. The molecule has 3 unspecified atom stereocenters. The van der Waals surface area contributed by atoms with Crippen LogP contribution in [0.15, 0.2) is 0 Å². The van der Waals surface area contributed by atoms with E-state index in [0.29, 0.717) is 11.5 Å². The molecular formula is C14H28N2S. The molecule has 0 aromatic rings. The molecule has 2 aliphatic rings. The van der Waals surface area contributed by atoms with Crippen LogP contribution in [0, 0.1) is 11.3 Å². The number of hydrogen-bond donors (Lipinski definition) is 1. The Morgan fingerprint density at radius 3 is 2.82 bits per heavy atom. The Labute approximate surface area is 111 Å². The summed E-state index contributed by atoms with van der Waals surface area (Å²) >= 11 is 2.13. The first-order valence-electron chi connectivity index (χ1n) is 7.07. The second-order valence-corrected chi connectivity index (χ2v) is 7.73. The van der Waals surface area contributed by atoms with Gasteiger partial charge in [-0.2, -0.15) is 11.8 Å². The SMILES string of the molecule is CC1CCCN(C2CSCC(C)(C)C2)C1CN. The van der Waals surface area contributed by atoms with Crippen molar-refractivity contribution in [3.63, 3.8) is 0 Å². The zero-order chi connectivity index (χ0) is 12.5. The van der Waals surface area contributed by atoms with E-state index in [4.69, 9.17) is 5.73 Å². The molecule has 0 amide bonds. The summed E-state index contributed by atoms with van der Waals surface area (Å²) in [6.45, 7) is 9.31. The van der Waals surface area contributed by atoms with Crippen LogP contribution in [0.3, 0.4) is 0 Å². The standard InChI is InChI=1S/C14H28N2S/c1-11-5-4-6-16(13(11)8-15)12-7-14(2,3)10-17-9-12/h11-13H,4-10,15H2,1-3H3. The van der Waals surface area contributed by atoms with Crippen molar-refractivity contribution in [2.45, 2.75) is 52.1 Å². The number of rotatable bonds is 2. The van der Waals surface area contributed by atoms with Gasteiger partial charge >= 0.3 is 0 Å². The molecule has 2 fully saturated rings. The summed E-state index contributed by atoms with van der Waals surface area (Å²) in [5.41, 5.74) is 6.52. The van der Waals surface area contributed by atoms with Crippen LogP contribution in [0.4, 0.5) is 0 Å². The van der Waals surface area contributed by atoms with Crippen LogP contribution in [-0.4, -0.2) is 41.6 Å². The van der Waals surface area contributed by atoms with Crippen LogP contribution >= 0.6 is 11.8 Å². The normalized spacial score (nSPS) is 39.2. The molecule has 0 radical (unpaired) electrons. The van der Waals surface area contributed by atoms with E-state index in [1.54, 1.807) is 0 Å². The van der Waals surface area contributed by atoms with Gasteiger partial charge in [-0.3, -0.25) is 4.90 Å². The first-order chi connectivity index (χ1) is 8.03. The topological polar surface area (TPSA) is 29.3 Å². The number of nitrogens with zero attached hydrogens (tertiary/aromatic N) is 1. The smallest absolute Gasteiger partial charge is 0.0247 e. The minimum Gasteiger partial charge on any atom is -0.329 e. The van der Waals surface area contributed by atoms with Crippen LogP contribution in [-0.2, 0) is 0 Å². The van der Waals surface area contributed by atoms with Gasteiger partial charge in [-0.05, 0) is 42.9 Å². The summed E-state index contributed by atoms with van der Waals surface area (Å²) in [7, 11) is 0. The third-order valence-corrected chi connectivity index (χ3v) is 6.07. The van der Waals surface area contributed by atoms with Crippen LogP contribution in [0.1, 0.15) is 40.0 Å². The highest BCUT2D eigenvalue weighted by atomic mass is 32.2. The molecule has 2 heterocycles. The van der Waals surface area contributed by atoms with E-state index in [2.05, 4.69) is 37.4 Å². The van der Waals surface area contributed by atoms with Crippen LogP contribution in [0.25, 0.3) is 0 Å². The summed E-state index contributed by atoms with van der Waals surface area (Å²) in [6.07, 6.45) is 4.07. The van der Waals surface area contributed by atoms with Gasteiger partial charge in [0.1, 0.15) is 0 Å². The van der Waals surface area contributed by atoms with Crippen molar-refractivity contribution in [1.29, 1.82) is 0 Å². The fourth-order valence-corrected chi connectivity index (χ4v) is 4.91. The zero-order valence-electron chi connectivity index (χ0n) is 11.6. The molecule has 2 saturated heterocycles. The lowest BCUT2D eigenvalue weighted by Crippen LogP contribution is -2.55. The van der Waals surface area contributed by atoms with Gasteiger partial charge in [0.15, 0.2) is 0 Å². The Hall–Kier alpha value is 0.270. The van der Waals surface area contributed by atoms with E-state index in [1.165, 1.54) is 37.3 Å². The Kier molecular flexibility index (Phi) is 4.43. The predicted octanol–water partition coefficient (Wildman–Crippen LogP) is 2.58. The number of hydrogen-bond acceptors (Lipinski definition) is 3. The molecule has 3 atom stereocenters. The van der Waals surface area contributed by atoms with Crippen molar-refractivity contribution >= 4 is 11.8 Å². The van der Waals surface area contributed by atoms with Crippen LogP contribution in [0.2, 0.25) is 0 Å². The second-order valence-electron chi connectivity index (χ2n) is 6.70. The van der Waals surface area contributed by atoms with Gasteiger partial charge in [-0.25, -0.2) is 0 Å². The molecule has 0 bridgehead atoms. The molecule has 100 valence electrons. The summed E-state index contributed by atoms with van der Waals surface area (Å²) in [5, 5.41) is 0. The lowest BCUT2D eigenvalue weighted by Gasteiger charge is -2.48. The van der Waals surface area contributed by atoms with Crippen molar-refractivity contribution in [2.24, 2.45) is 17.1 Å². The fourth-order valence-electron chi connectivity index (χ4n) is 3.54. The molecule has 2 N–H and O–H groups in total. The van der Waals surface area contributed by atoms with Crippen molar-refractivity contribution in [1.82, 2.24) is 4.90 Å². The largest absolute Gasteiger partial charge is 0.329 e. The first-order valence-corrected chi connectivity index (χ1v) is 8.22. The minimum absolute atomic E-state index is 0.507. The summed E-state index contributed by atoms with van der Waals surface area (Å²) in [5.74, 6) is 3.41. The molecule has 0 aliphatic carbocycles. The van der Waals surface area contributed by atoms with Gasteiger partial charge in [0.25, 0.3) is 0 Å². The van der Waals surface area contributed by atoms with Gasteiger partial charge in [-0.15, -0.1) is 0 Å². The average Bonchev–Trinajstić information content (AvgIpc) is 2.27. The maximum atomic E-state index is 6.01. The Balaban J connectivity index is 2.04. The second kappa shape index (κ2) is 5.50. The third kappa shape index (κ3) is 3.18.